The van der Waals surface area contributed by atoms with Crippen molar-refractivity contribution in [3.63, 3.8) is 0 Å². The SMILES string of the molecule is CC(=O)c1cc(SCC(C)C)ccc1[N+](=O)[O-]. The highest BCUT2D eigenvalue weighted by atomic mass is 32.2. The van der Waals surface area contributed by atoms with Crippen molar-refractivity contribution >= 4 is 23.2 Å². The van der Waals surface area contributed by atoms with Crippen LogP contribution in [0.4, 0.5) is 5.69 Å². The highest BCUT2D eigenvalue weighted by molar-refractivity contribution is 7.99. The molecule has 0 radical (unpaired) electrons. The van der Waals surface area contributed by atoms with Crippen LogP contribution in [0.3, 0.4) is 0 Å². The van der Waals surface area contributed by atoms with E-state index in [-0.39, 0.29) is 17.0 Å². The minimum absolute atomic E-state index is 0.119. The fraction of sp³-hybridized carbons (Fsp3) is 0.417. The van der Waals surface area contributed by atoms with Gasteiger partial charge in [0.1, 0.15) is 0 Å². The maximum Gasteiger partial charge on any atom is 0.280 e. The third kappa shape index (κ3) is 3.85. The molecule has 92 valence electrons. The molecule has 1 aromatic carbocycles. The van der Waals surface area contributed by atoms with E-state index in [1.807, 2.05) is 0 Å². The monoisotopic (exact) mass is 253 g/mol. The second kappa shape index (κ2) is 5.82. The minimum Gasteiger partial charge on any atom is -0.294 e. The Morgan fingerprint density at radius 1 is 1.47 bits per heavy atom. The number of thioether (sulfide) groups is 1. The van der Waals surface area contributed by atoms with Crippen molar-refractivity contribution in [2.45, 2.75) is 25.7 Å². The molecule has 0 aliphatic heterocycles. The number of carbonyl (C=O) groups excluding carboxylic acids is 1. The molecule has 0 amide bonds. The van der Waals surface area contributed by atoms with Gasteiger partial charge in [-0.25, -0.2) is 0 Å². The number of hydrogen-bond acceptors (Lipinski definition) is 4. The summed E-state index contributed by atoms with van der Waals surface area (Å²) in [4.78, 5) is 22.5. The number of benzene rings is 1. The fourth-order valence-corrected chi connectivity index (χ4v) is 2.20. The van der Waals surface area contributed by atoms with E-state index in [4.69, 9.17) is 0 Å². The van der Waals surface area contributed by atoms with Crippen molar-refractivity contribution in [2.75, 3.05) is 5.75 Å². The molecule has 0 bridgehead atoms. The second-order valence-electron chi connectivity index (χ2n) is 4.20. The van der Waals surface area contributed by atoms with Gasteiger partial charge >= 0.3 is 0 Å². The van der Waals surface area contributed by atoms with Gasteiger partial charge in [-0.05, 0) is 25.0 Å². The summed E-state index contributed by atoms with van der Waals surface area (Å²) in [6.07, 6.45) is 0. The lowest BCUT2D eigenvalue weighted by atomic mass is 10.1. The number of nitrogens with zero attached hydrogens (tertiary/aromatic N) is 1. The molecule has 4 nitrogen and oxygen atoms in total. The van der Waals surface area contributed by atoms with Gasteiger partial charge < -0.3 is 0 Å². The van der Waals surface area contributed by atoms with Gasteiger partial charge in [0.25, 0.3) is 5.69 Å². The fourth-order valence-electron chi connectivity index (χ4n) is 1.31. The van der Waals surface area contributed by atoms with Crippen molar-refractivity contribution in [3.8, 4) is 0 Å². The summed E-state index contributed by atoms with van der Waals surface area (Å²) in [5.41, 5.74) is 0.0650. The van der Waals surface area contributed by atoms with Crippen LogP contribution in [-0.4, -0.2) is 16.5 Å². The number of Topliss-reactive ketones (excluding diaryl/α,β-unsaturated/α-hetero) is 1. The van der Waals surface area contributed by atoms with Gasteiger partial charge in [-0.1, -0.05) is 13.8 Å². The summed E-state index contributed by atoms with van der Waals surface area (Å²) >= 11 is 1.61. The van der Waals surface area contributed by atoms with Crippen LogP contribution in [0.2, 0.25) is 0 Å². The van der Waals surface area contributed by atoms with Crippen LogP contribution in [0, 0.1) is 16.0 Å². The van der Waals surface area contributed by atoms with Gasteiger partial charge in [0.15, 0.2) is 5.78 Å². The van der Waals surface area contributed by atoms with E-state index in [9.17, 15) is 14.9 Å². The minimum atomic E-state index is -0.520. The predicted molar refractivity (Wildman–Crippen MR) is 68.7 cm³/mol. The largest absolute Gasteiger partial charge is 0.294 e. The molecule has 0 saturated carbocycles. The summed E-state index contributed by atoms with van der Waals surface area (Å²) < 4.78 is 0. The molecule has 0 spiro atoms. The van der Waals surface area contributed by atoms with Crippen molar-refractivity contribution < 1.29 is 9.72 Å². The Bertz CT molecular complexity index is 443. The molecule has 0 aliphatic carbocycles. The zero-order valence-corrected chi connectivity index (χ0v) is 10.9. The van der Waals surface area contributed by atoms with E-state index in [0.29, 0.717) is 5.92 Å². The van der Waals surface area contributed by atoms with E-state index >= 15 is 0 Å². The molecule has 0 aromatic heterocycles. The van der Waals surface area contributed by atoms with E-state index in [0.717, 1.165) is 10.6 Å². The van der Waals surface area contributed by atoms with Gasteiger partial charge in [0.2, 0.25) is 0 Å². The molecule has 17 heavy (non-hydrogen) atoms. The highest BCUT2D eigenvalue weighted by Gasteiger charge is 2.17. The normalized spacial score (nSPS) is 10.6. The molecule has 0 fully saturated rings. The van der Waals surface area contributed by atoms with Crippen LogP contribution < -0.4 is 0 Å². The Hall–Kier alpha value is -1.36. The molecular formula is C12H15NO3S. The van der Waals surface area contributed by atoms with Crippen molar-refractivity contribution in [1.29, 1.82) is 0 Å². The lowest BCUT2D eigenvalue weighted by Crippen LogP contribution is -2.00. The van der Waals surface area contributed by atoms with Crippen molar-refractivity contribution in [2.24, 2.45) is 5.92 Å². The Morgan fingerprint density at radius 3 is 2.59 bits per heavy atom. The molecule has 0 atom stereocenters. The van der Waals surface area contributed by atoms with Crippen LogP contribution in [0.15, 0.2) is 23.1 Å². The predicted octanol–water partition coefficient (Wildman–Crippen LogP) is 3.55. The van der Waals surface area contributed by atoms with E-state index < -0.39 is 4.92 Å². The van der Waals surface area contributed by atoms with Gasteiger partial charge in [0, 0.05) is 16.7 Å². The standard InChI is InChI=1S/C12H15NO3S/c1-8(2)7-17-10-4-5-12(13(15)16)11(6-10)9(3)14/h4-6,8H,7H2,1-3H3. The van der Waals surface area contributed by atoms with Crippen LogP contribution in [-0.2, 0) is 0 Å². The second-order valence-corrected chi connectivity index (χ2v) is 5.29. The lowest BCUT2D eigenvalue weighted by molar-refractivity contribution is -0.385. The summed E-state index contributed by atoms with van der Waals surface area (Å²) in [5, 5.41) is 10.8. The average molecular weight is 253 g/mol. The molecule has 0 unspecified atom stereocenters. The Kier molecular flexibility index (Phi) is 4.69. The van der Waals surface area contributed by atoms with Gasteiger partial charge in [0.05, 0.1) is 10.5 Å². The molecule has 5 heteroatoms. The smallest absolute Gasteiger partial charge is 0.280 e. The van der Waals surface area contributed by atoms with Crippen LogP contribution in [0.25, 0.3) is 0 Å². The maximum absolute atomic E-state index is 11.3. The number of ketones is 1. The number of nitro groups is 1. The first-order chi connectivity index (χ1) is 7.91. The van der Waals surface area contributed by atoms with Crippen molar-refractivity contribution in [1.82, 2.24) is 0 Å². The third-order valence-corrected chi connectivity index (χ3v) is 3.55. The zero-order valence-electron chi connectivity index (χ0n) is 10.1. The van der Waals surface area contributed by atoms with Crippen LogP contribution in [0.1, 0.15) is 31.1 Å². The van der Waals surface area contributed by atoms with Crippen LogP contribution >= 0.6 is 11.8 Å². The Labute approximate surface area is 105 Å². The summed E-state index contributed by atoms with van der Waals surface area (Å²) in [6, 6.07) is 4.70. The first-order valence-corrected chi connectivity index (χ1v) is 6.32. The molecular weight excluding hydrogens is 238 g/mol. The molecule has 0 aliphatic rings. The van der Waals surface area contributed by atoms with E-state index in [2.05, 4.69) is 13.8 Å². The molecule has 0 N–H and O–H groups in total. The number of hydrogen-bond donors (Lipinski definition) is 0. The Balaban J connectivity index is 3.02. The topological polar surface area (TPSA) is 60.2 Å². The van der Waals surface area contributed by atoms with Crippen molar-refractivity contribution in [3.05, 3.63) is 33.9 Å². The Morgan fingerprint density at radius 2 is 2.12 bits per heavy atom. The number of nitro benzene ring substituents is 1. The first kappa shape index (κ1) is 13.7. The maximum atomic E-state index is 11.3. The van der Waals surface area contributed by atoms with E-state index in [1.165, 1.54) is 13.0 Å². The summed E-state index contributed by atoms with van der Waals surface area (Å²) in [5.74, 6) is 1.19. The average Bonchev–Trinajstić information content (AvgIpc) is 2.25. The van der Waals surface area contributed by atoms with Gasteiger partial charge in [-0.3, -0.25) is 14.9 Å². The summed E-state index contributed by atoms with van der Waals surface area (Å²) in [7, 11) is 0. The zero-order chi connectivity index (χ0) is 13.0. The van der Waals surface area contributed by atoms with Gasteiger partial charge in [-0.2, -0.15) is 0 Å². The van der Waals surface area contributed by atoms with Crippen LogP contribution in [0.5, 0.6) is 0 Å². The summed E-state index contributed by atoms with van der Waals surface area (Å²) in [6.45, 7) is 5.55. The number of rotatable bonds is 5. The molecule has 0 heterocycles. The molecule has 1 rings (SSSR count). The molecule has 0 saturated heterocycles. The molecule has 1 aromatic rings. The third-order valence-electron chi connectivity index (χ3n) is 2.13. The first-order valence-electron chi connectivity index (χ1n) is 5.34. The van der Waals surface area contributed by atoms with Gasteiger partial charge in [-0.15, -0.1) is 11.8 Å². The lowest BCUT2D eigenvalue weighted by Gasteiger charge is -2.06. The highest BCUT2D eigenvalue weighted by Crippen LogP contribution is 2.27. The number of carbonyl (C=O) groups is 1. The van der Waals surface area contributed by atoms with E-state index in [1.54, 1.807) is 23.9 Å². The quantitative estimate of drug-likeness (QED) is 0.348.